The first-order valence-corrected chi connectivity index (χ1v) is 11.7. The van der Waals surface area contributed by atoms with E-state index in [-0.39, 0.29) is 11.5 Å². The molecule has 0 aliphatic rings. The smallest absolute Gasteiger partial charge is 0.295 e. The van der Waals surface area contributed by atoms with Crippen LogP contribution in [0.3, 0.4) is 0 Å². The quantitative estimate of drug-likeness (QED) is 0.430. The van der Waals surface area contributed by atoms with Crippen LogP contribution < -0.4 is 10.9 Å². The monoisotopic (exact) mass is 457 g/mol. The van der Waals surface area contributed by atoms with E-state index < -0.39 is 6.04 Å². The van der Waals surface area contributed by atoms with E-state index in [0.29, 0.717) is 29.2 Å². The number of anilines is 1. The Morgan fingerprint density at radius 1 is 0.971 bits per heavy atom. The molecule has 176 valence electrons. The van der Waals surface area contributed by atoms with Crippen LogP contribution in [0.4, 0.5) is 5.69 Å². The van der Waals surface area contributed by atoms with Crippen molar-refractivity contribution < 1.29 is 4.79 Å². The molecule has 4 aromatic rings. The number of rotatable bonds is 6. The van der Waals surface area contributed by atoms with Crippen molar-refractivity contribution in [3.63, 3.8) is 0 Å². The van der Waals surface area contributed by atoms with Crippen molar-refractivity contribution in [1.82, 2.24) is 19.6 Å². The lowest BCUT2D eigenvalue weighted by Crippen LogP contribution is -2.35. The summed E-state index contributed by atoms with van der Waals surface area (Å²) < 4.78 is 3.04. The third-order valence-electron chi connectivity index (χ3n) is 6.25. The van der Waals surface area contributed by atoms with Crippen LogP contribution in [0.15, 0.2) is 53.3 Å². The van der Waals surface area contributed by atoms with Gasteiger partial charge in [0.15, 0.2) is 5.52 Å². The maximum Gasteiger partial charge on any atom is 0.295 e. The van der Waals surface area contributed by atoms with Crippen LogP contribution in [0.2, 0.25) is 0 Å². The Morgan fingerprint density at radius 3 is 2.21 bits per heavy atom. The molecule has 0 bridgehead atoms. The van der Waals surface area contributed by atoms with Gasteiger partial charge in [-0.3, -0.25) is 9.59 Å². The molecule has 1 atom stereocenters. The van der Waals surface area contributed by atoms with Gasteiger partial charge in [-0.15, -0.1) is 0 Å². The van der Waals surface area contributed by atoms with Crippen molar-refractivity contribution in [2.24, 2.45) is 0 Å². The average Bonchev–Trinajstić information content (AvgIpc) is 3.16. The van der Waals surface area contributed by atoms with Gasteiger partial charge in [0.25, 0.3) is 5.56 Å². The number of fused-ring (bicyclic) bond motifs is 1. The minimum Gasteiger partial charge on any atom is -0.324 e. The highest BCUT2D eigenvalue weighted by molar-refractivity contribution is 5.94. The molecule has 7 nitrogen and oxygen atoms in total. The molecule has 0 fully saturated rings. The number of amides is 1. The first kappa shape index (κ1) is 23.4. The minimum atomic E-state index is -0.745. The van der Waals surface area contributed by atoms with Gasteiger partial charge in [-0.05, 0) is 62.9 Å². The molecule has 34 heavy (non-hydrogen) atoms. The second-order valence-corrected chi connectivity index (χ2v) is 9.08. The van der Waals surface area contributed by atoms with Crippen molar-refractivity contribution in [2.45, 2.75) is 59.9 Å². The van der Waals surface area contributed by atoms with Gasteiger partial charge in [0, 0.05) is 5.69 Å². The summed E-state index contributed by atoms with van der Waals surface area (Å²) in [6.45, 7) is 11.9. The zero-order valence-corrected chi connectivity index (χ0v) is 20.6. The summed E-state index contributed by atoms with van der Waals surface area (Å²) in [5.41, 5.74) is 5.37. The minimum absolute atomic E-state index is 0.275. The average molecular weight is 458 g/mol. The first-order valence-electron chi connectivity index (χ1n) is 11.7. The molecular formula is C27H31N5O2. The van der Waals surface area contributed by atoms with E-state index in [0.717, 1.165) is 22.3 Å². The second kappa shape index (κ2) is 9.25. The molecule has 0 unspecified atom stereocenters. The summed E-state index contributed by atoms with van der Waals surface area (Å²) in [6, 6.07) is 15.0. The number of aryl methyl sites for hydroxylation is 3. The molecule has 1 amide bonds. The van der Waals surface area contributed by atoms with Crippen LogP contribution in [0.5, 0.6) is 0 Å². The Labute approximate surface area is 199 Å². The molecule has 0 aliphatic carbocycles. The van der Waals surface area contributed by atoms with E-state index in [1.54, 1.807) is 4.68 Å². The highest BCUT2D eigenvalue weighted by Gasteiger charge is 2.25. The normalized spacial score (nSPS) is 12.3. The van der Waals surface area contributed by atoms with Gasteiger partial charge in [-0.25, -0.2) is 9.36 Å². The number of carbonyl (C=O) groups excluding carboxylic acids is 1. The van der Waals surface area contributed by atoms with Gasteiger partial charge in [0.1, 0.15) is 6.04 Å². The fourth-order valence-corrected chi connectivity index (χ4v) is 4.25. The predicted molar refractivity (Wildman–Crippen MR) is 136 cm³/mol. The summed E-state index contributed by atoms with van der Waals surface area (Å²) in [5, 5.41) is 12.8. The number of aromatic nitrogens is 4. The van der Waals surface area contributed by atoms with Crippen molar-refractivity contribution in [1.29, 1.82) is 0 Å². The molecule has 4 rings (SSSR count). The van der Waals surface area contributed by atoms with Crippen LogP contribution in [-0.2, 0) is 4.79 Å². The van der Waals surface area contributed by atoms with Crippen molar-refractivity contribution in [3.05, 3.63) is 81.4 Å². The number of benzene rings is 2. The van der Waals surface area contributed by atoms with Gasteiger partial charge < -0.3 is 5.32 Å². The summed E-state index contributed by atoms with van der Waals surface area (Å²) in [6.07, 6.45) is 0.422. The lowest BCUT2D eigenvalue weighted by Gasteiger charge is -2.17. The molecule has 2 heterocycles. The molecule has 0 saturated carbocycles. The number of hydrogen-bond donors (Lipinski definition) is 1. The molecule has 0 saturated heterocycles. The van der Waals surface area contributed by atoms with Crippen molar-refractivity contribution in [2.75, 3.05) is 5.32 Å². The lowest BCUT2D eigenvalue weighted by molar-refractivity contribution is -0.119. The number of hydrogen-bond acceptors (Lipinski definition) is 4. The Hall–Kier alpha value is -3.74. The second-order valence-electron chi connectivity index (χ2n) is 9.08. The lowest BCUT2D eigenvalue weighted by atomic mass is 10.0. The van der Waals surface area contributed by atoms with Gasteiger partial charge in [-0.1, -0.05) is 50.6 Å². The van der Waals surface area contributed by atoms with Crippen LogP contribution >= 0.6 is 0 Å². The maximum atomic E-state index is 13.5. The Balaban J connectivity index is 1.72. The van der Waals surface area contributed by atoms with Gasteiger partial charge in [0.05, 0.1) is 22.5 Å². The Morgan fingerprint density at radius 2 is 1.62 bits per heavy atom. The molecule has 2 aromatic carbocycles. The zero-order valence-electron chi connectivity index (χ0n) is 20.6. The predicted octanol–water partition coefficient (Wildman–Crippen LogP) is 5.22. The zero-order chi connectivity index (χ0) is 24.6. The highest BCUT2D eigenvalue weighted by atomic mass is 16.2. The fourth-order valence-electron chi connectivity index (χ4n) is 4.25. The molecule has 1 N–H and O–H groups in total. The number of nitrogens with one attached hydrogen (secondary N) is 1. The van der Waals surface area contributed by atoms with Gasteiger partial charge >= 0.3 is 0 Å². The molecule has 2 aromatic heterocycles. The van der Waals surface area contributed by atoms with E-state index in [9.17, 15) is 9.59 Å². The van der Waals surface area contributed by atoms with E-state index in [4.69, 9.17) is 0 Å². The molecular weight excluding hydrogens is 426 g/mol. The Kier molecular flexibility index (Phi) is 6.37. The van der Waals surface area contributed by atoms with E-state index in [1.807, 2.05) is 76.2 Å². The van der Waals surface area contributed by atoms with Crippen molar-refractivity contribution in [3.8, 4) is 5.69 Å². The summed E-state index contributed by atoms with van der Waals surface area (Å²) in [5.74, 6) is 0.136. The van der Waals surface area contributed by atoms with Crippen LogP contribution in [0.25, 0.3) is 16.6 Å². The number of carbonyl (C=O) groups is 1. The summed E-state index contributed by atoms with van der Waals surface area (Å²) >= 11 is 0. The van der Waals surface area contributed by atoms with E-state index in [2.05, 4.69) is 29.4 Å². The molecule has 0 aliphatic heterocycles. The maximum absolute atomic E-state index is 13.5. The third kappa shape index (κ3) is 4.25. The van der Waals surface area contributed by atoms with Crippen molar-refractivity contribution >= 4 is 22.5 Å². The standard InChI is InChI=1S/C27H31N5O2/c1-7-23(26(33)28-21-12-10-20(11-13-21)16(2)3)32-27(34)25-24(18(5)29-32)19(6)31(30-25)22-14-8-17(4)9-15-22/h8-16,23H,7H2,1-6H3,(H,28,33)/t23-/m0/s1. The van der Waals surface area contributed by atoms with Crippen LogP contribution in [-0.4, -0.2) is 25.5 Å². The number of nitrogens with zero attached hydrogens (tertiary/aromatic N) is 4. The van der Waals surface area contributed by atoms with E-state index >= 15 is 0 Å². The topological polar surface area (TPSA) is 81.8 Å². The van der Waals surface area contributed by atoms with E-state index in [1.165, 1.54) is 10.2 Å². The van der Waals surface area contributed by atoms with Gasteiger partial charge in [0.2, 0.25) is 5.91 Å². The van der Waals surface area contributed by atoms with Crippen LogP contribution in [0, 0.1) is 20.8 Å². The molecule has 0 radical (unpaired) electrons. The molecule has 7 heteroatoms. The third-order valence-corrected chi connectivity index (χ3v) is 6.25. The first-order chi connectivity index (χ1) is 16.2. The SMILES string of the molecule is CC[C@@H](C(=O)Nc1ccc(C(C)C)cc1)n1nc(C)c2c(C)n(-c3ccc(C)cc3)nc2c1=O. The fraction of sp³-hybridized carbons (Fsp3) is 0.333. The largest absolute Gasteiger partial charge is 0.324 e. The summed E-state index contributed by atoms with van der Waals surface area (Å²) in [4.78, 5) is 26.6. The van der Waals surface area contributed by atoms with Gasteiger partial charge in [-0.2, -0.15) is 10.2 Å². The Bertz CT molecular complexity index is 1400. The highest BCUT2D eigenvalue weighted by Crippen LogP contribution is 2.23. The summed E-state index contributed by atoms with van der Waals surface area (Å²) in [7, 11) is 0. The van der Waals surface area contributed by atoms with Crippen LogP contribution in [0.1, 0.15) is 61.7 Å². The molecule has 0 spiro atoms.